The summed E-state index contributed by atoms with van der Waals surface area (Å²) in [5.41, 5.74) is 1.32. The molecule has 15 heavy (non-hydrogen) atoms. The molecule has 0 amide bonds. The van der Waals surface area contributed by atoms with Gasteiger partial charge in [0.1, 0.15) is 0 Å². The molecule has 2 rings (SSSR count). The third kappa shape index (κ3) is 7.81. The Bertz CT molecular complexity index is 224. The van der Waals surface area contributed by atoms with Crippen LogP contribution in [0.1, 0.15) is 5.56 Å². The topological polar surface area (TPSA) is 36.9 Å². The predicted octanol–water partition coefficient (Wildman–Crippen LogP) is -1.94. The van der Waals surface area contributed by atoms with Gasteiger partial charge in [-0.25, -0.2) is 0 Å². The summed E-state index contributed by atoms with van der Waals surface area (Å²) in [6.45, 7) is 2.08. The normalized spacial score (nSPS) is 23.3. The second-order valence-electron chi connectivity index (χ2n) is 2.94. The first-order valence-corrected chi connectivity index (χ1v) is 9.34. The van der Waals surface area contributed by atoms with Crippen LogP contribution in [-0.2, 0) is 16.5 Å². The van der Waals surface area contributed by atoms with E-state index in [4.69, 9.17) is 16.5 Å². The Hall–Kier alpha value is -0.0725. The van der Waals surface area contributed by atoms with Crippen molar-refractivity contribution in [2.75, 3.05) is 0 Å². The van der Waals surface area contributed by atoms with Crippen molar-refractivity contribution < 1.29 is 16.5 Å². The molecule has 0 bridgehead atoms. The van der Waals surface area contributed by atoms with E-state index in [1.165, 1.54) is 5.56 Å². The van der Waals surface area contributed by atoms with Gasteiger partial charge in [-0.15, -0.1) is 0 Å². The number of rotatable bonds is 0. The van der Waals surface area contributed by atoms with Gasteiger partial charge in [-0.3, -0.25) is 0 Å². The van der Waals surface area contributed by atoms with Crippen molar-refractivity contribution in [2.24, 2.45) is 0 Å². The summed E-state index contributed by atoms with van der Waals surface area (Å²) in [6.07, 6.45) is 0. The summed E-state index contributed by atoms with van der Waals surface area (Å²) in [4.78, 5) is 0. The molecule has 0 atom stereocenters. The lowest BCUT2D eigenvalue weighted by atomic mass is 10.2. The van der Waals surface area contributed by atoms with E-state index in [0.29, 0.717) is 0 Å². The van der Waals surface area contributed by atoms with Crippen LogP contribution >= 0.6 is 0 Å². The Morgan fingerprint density at radius 2 is 1.13 bits per heavy atom. The Morgan fingerprint density at radius 1 is 0.733 bits per heavy atom. The first kappa shape index (κ1) is 13.0. The van der Waals surface area contributed by atoms with Gasteiger partial charge in [-0.2, -0.15) is 0 Å². The van der Waals surface area contributed by atoms with Crippen molar-refractivity contribution in [3.8, 4) is 0 Å². The van der Waals surface area contributed by atoms with Crippen LogP contribution in [0.4, 0.5) is 0 Å². The summed E-state index contributed by atoms with van der Waals surface area (Å²) in [5, 5.41) is 0. The van der Waals surface area contributed by atoms with Gasteiger partial charge in [-0.05, 0) is 6.92 Å². The molecule has 1 heterocycles. The molecule has 0 radical (unpaired) electrons. The minimum atomic E-state index is -0.653. The lowest BCUT2D eigenvalue weighted by Gasteiger charge is -2.10. The molecule has 0 aromatic heterocycles. The molecular formula is C7H16O4Si4. The van der Waals surface area contributed by atoms with Crippen LogP contribution in [0.2, 0.25) is 0 Å². The van der Waals surface area contributed by atoms with Crippen molar-refractivity contribution in [2.45, 2.75) is 6.92 Å². The molecule has 0 N–H and O–H groups in total. The van der Waals surface area contributed by atoms with E-state index >= 15 is 0 Å². The average molecular weight is 277 g/mol. The minimum absolute atomic E-state index is 0.653. The summed E-state index contributed by atoms with van der Waals surface area (Å²) in [7, 11) is -2.61. The van der Waals surface area contributed by atoms with Crippen LogP contribution in [0.25, 0.3) is 0 Å². The highest BCUT2D eigenvalue weighted by molar-refractivity contribution is 6.50. The van der Waals surface area contributed by atoms with Crippen LogP contribution in [0.5, 0.6) is 0 Å². The number of aryl methyl sites for hydroxylation is 1. The molecule has 1 aliphatic heterocycles. The first-order chi connectivity index (χ1) is 7.39. The molecule has 1 aromatic carbocycles. The van der Waals surface area contributed by atoms with E-state index in [-0.39, 0.29) is 0 Å². The van der Waals surface area contributed by atoms with Gasteiger partial charge < -0.3 is 16.5 Å². The molecule has 1 aromatic rings. The zero-order chi connectivity index (χ0) is 10.8. The Kier molecular flexibility index (Phi) is 7.95. The Balaban J connectivity index is 0.000000151. The van der Waals surface area contributed by atoms with E-state index < -0.39 is 40.0 Å². The van der Waals surface area contributed by atoms with Crippen molar-refractivity contribution in [1.29, 1.82) is 0 Å². The molecule has 1 saturated heterocycles. The molecule has 4 nitrogen and oxygen atoms in total. The highest BCUT2D eigenvalue weighted by atomic mass is 28.4. The van der Waals surface area contributed by atoms with E-state index in [2.05, 4.69) is 19.1 Å². The largest absolute Gasteiger partial charge is 0.425 e. The zero-order valence-electron chi connectivity index (χ0n) is 8.85. The molecular weight excluding hydrogens is 260 g/mol. The maximum absolute atomic E-state index is 5.10. The molecule has 1 aliphatic rings. The Morgan fingerprint density at radius 3 is 1.40 bits per heavy atom. The average Bonchev–Trinajstić information content (AvgIpc) is 2.18. The maximum atomic E-state index is 5.10. The minimum Gasteiger partial charge on any atom is -0.425 e. The number of benzene rings is 1. The van der Waals surface area contributed by atoms with Gasteiger partial charge in [0.05, 0.1) is 0 Å². The summed E-state index contributed by atoms with van der Waals surface area (Å²) < 4.78 is 20.4. The monoisotopic (exact) mass is 276 g/mol. The van der Waals surface area contributed by atoms with E-state index in [1.54, 1.807) is 0 Å². The SMILES string of the molecule is Cc1ccccc1.O1[SiH2]O[SiH2]O[SiH2]O[SiH2]1. The third-order valence-electron chi connectivity index (χ3n) is 1.61. The number of hydrogen-bond donors (Lipinski definition) is 0. The molecule has 0 aliphatic carbocycles. The second kappa shape index (κ2) is 9.18. The van der Waals surface area contributed by atoms with E-state index in [9.17, 15) is 0 Å². The lowest BCUT2D eigenvalue weighted by molar-refractivity contribution is 0.347. The van der Waals surface area contributed by atoms with Crippen LogP contribution in [0.15, 0.2) is 30.3 Å². The van der Waals surface area contributed by atoms with Crippen molar-refractivity contribution >= 4 is 40.0 Å². The van der Waals surface area contributed by atoms with Gasteiger partial charge >= 0.3 is 0 Å². The van der Waals surface area contributed by atoms with Gasteiger partial charge in [0, 0.05) is 0 Å². The Labute approximate surface area is 99.5 Å². The van der Waals surface area contributed by atoms with E-state index in [0.717, 1.165) is 0 Å². The molecule has 0 spiro atoms. The third-order valence-corrected chi connectivity index (χ3v) is 6.94. The molecule has 84 valence electrons. The zero-order valence-corrected chi connectivity index (χ0v) is 14.5. The second-order valence-corrected chi connectivity index (χ2v) is 10.4. The fraction of sp³-hybridized carbons (Fsp3) is 0.143. The standard InChI is InChI=1S/C7H8.H8O4Si4/c1-7-5-3-2-4-6-7;1-5-2-7-4-8-3-6-1/h2-6H,1H3;5-8H2. The summed E-state index contributed by atoms with van der Waals surface area (Å²) >= 11 is 0. The van der Waals surface area contributed by atoms with E-state index in [1.807, 2.05) is 18.2 Å². The van der Waals surface area contributed by atoms with Gasteiger partial charge in [0.2, 0.25) is 0 Å². The molecule has 1 fully saturated rings. The van der Waals surface area contributed by atoms with Gasteiger partial charge in [0.25, 0.3) is 40.0 Å². The summed E-state index contributed by atoms with van der Waals surface area (Å²) in [5.74, 6) is 0. The highest BCUT2D eigenvalue weighted by Gasteiger charge is 1.97. The number of hydrogen-bond acceptors (Lipinski definition) is 4. The highest BCUT2D eigenvalue weighted by Crippen LogP contribution is 1.92. The summed E-state index contributed by atoms with van der Waals surface area (Å²) in [6, 6.07) is 10.3. The van der Waals surface area contributed by atoms with Crippen LogP contribution in [0, 0.1) is 6.92 Å². The fourth-order valence-corrected chi connectivity index (χ4v) is 8.12. The molecule has 8 heteroatoms. The quantitative estimate of drug-likeness (QED) is 0.517. The lowest BCUT2D eigenvalue weighted by Crippen LogP contribution is -2.23. The van der Waals surface area contributed by atoms with Crippen LogP contribution in [-0.4, -0.2) is 40.0 Å². The van der Waals surface area contributed by atoms with Crippen LogP contribution in [0.3, 0.4) is 0 Å². The van der Waals surface area contributed by atoms with Crippen molar-refractivity contribution in [1.82, 2.24) is 0 Å². The van der Waals surface area contributed by atoms with Crippen LogP contribution < -0.4 is 0 Å². The molecule has 0 unspecified atom stereocenters. The smallest absolute Gasteiger partial charge is 0.286 e. The fourth-order valence-electron chi connectivity index (χ4n) is 0.906. The molecule has 0 saturated carbocycles. The van der Waals surface area contributed by atoms with Crippen molar-refractivity contribution in [3.63, 3.8) is 0 Å². The first-order valence-electron chi connectivity index (χ1n) is 4.72. The maximum Gasteiger partial charge on any atom is 0.286 e. The van der Waals surface area contributed by atoms with Gasteiger partial charge in [-0.1, -0.05) is 35.9 Å². The van der Waals surface area contributed by atoms with Crippen molar-refractivity contribution in [3.05, 3.63) is 35.9 Å². The predicted molar refractivity (Wildman–Crippen MR) is 69.7 cm³/mol. The van der Waals surface area contributed by atoms with Gasteiger partial charge in [0.15, 0.2) is 0 Å².